The summed E-state index contributed by atoms with van der Waals surface area (Å²) >= 11 is 0. The number of nitrogens with one attached hydrogen (secondary N) is 1. The average molecular weight is 262 g/mol. The minimum absolute atomic E-state index is 0.248. The van der Waals surface area contributed by atoms with Crippen LogP contribution in [0, 0.1) is 0 Å². The third kappa shape index (κ3) is 3.00. The molecule has 0 spiro atoms. The van der Waals surface area contributed by atoms with E-state index in [0.717, 1.165) is 18.5 Å². The predicted molar refractivity (Wildman–Crippen MR) is 71.8 cm³/mol. The van der Waals surface area contributed by atoms with Crippen molar-refractivity contribution in [2.45, 2.75) is 18.4 Å². The number of carbonyl (C=O) groups excluding carboxylic acids is 1. The Morgan fingerprint density at radius 2 is 2.26 bits per heavy atom. The van der Waals surface area contributed by atoms with Crippen LogP contribution in [0.4, 0.5) is 5.69 Å². The molecule has 0 unspecified atom stereocenters. The summed E-state index contributed by atoms with van der Waals surface area (Å²) in [6, 6.07) is 3.70. The van der Waals surface area contributed by atoms with Crippen molar-refractivity contribution in [2.24, 2.45) is 0 Å². The lowest BCUT2D eigenvalue weighted by atomic mass is 9.90. The van der Waals surface area contributed by atoms with Crippen LogP contribution in [-0.4, -0.2) is 31.2 Å². The molecule has 0 radical (unpaired) electrons. The molecular weight excluding hydrogens is 244 g/mol. The summed E-state index contributed by atoms with van der Waals surface area (Å²) in [6.07, 6.45) is 4.43. The molecule has 1 amide bonds. The van der Waals surface area contributed by atoms with E-state index in [4.69, 9.17) is 9.47 Å². The molecule has 1 fully saturated rings. The van der Waals surface area contributed by atoms with Gasteiger partial charge < -0.3 is 14.8 Å². The Morgan fingerprint density at radius 1 is 1.53 bits per heavy atom. The number of hydrogen-bond acceptors (Lipinski definition) is 4. The molecule has 1 N–H and O–H groups in total. The second-order valence-electron chi connectivity index (χ2n) is 4.44. The molecule has 1 aromatic rings. The second kappa shape index (κ2) is 5.95. The van der Waals surface area contributed by atoms with Crippen LogP contribution in [0.15, 0.2) is 31.0 Å². The van der Waals surface area contributed by atoms with E-state index in [-0.39, 0.29) is 11.5 Å². The smallest absolute Gasteiger partial charge is 0.247 e. The van der Waals surface area contributed by atoms with Gasteiger partial charge in [0, 0.05) is 33.2 Å². The van der Waals surface area contributed by atoms with E-state index in [1.54, 1.807) is 13.3 Å². The molecule has 2 heterocycles. The maximum Gasteiger partial charge on any atom is 0.247 e. The first kappa shape index (κ1) is 13.7. The molecule has 1 aromatic heterocycles. The van der Waals surface area contributed by atoms with Crippen LogP contribution in [0.2, 0.25) is 0 Å². The third-order valence-electron chi connectivity index (χ3n) is 3.37. The quantitative estimate of drug-likeness (QED) is 0.841. The first-order chi connectivity index (χ1) is 9.20. The van der Waals surface area contributed by atoms with Crippen LogP contribution in [0.25, 0.3) is 0 Å². The number of hydrogen-bond donors (Lipinski definition) is 1. The molecule has 0 aromatic carbocycles. The van der Waals surface area contributed by atoms with Gasteiger partial charge in [-0.1, -0.05) is 6.58 Å². The Morgan fingerprint density at radius 3 is 2.79 bits per heavy atom. The number of methoxy groups -OCH3 is 1. The van der Waals surface area contributed by atoms with Gasteiger partial charge in [-0.05, 0) is 18.2 Å². The van der Waals surface area contributed by atoms with Gasteiger partial charge in [0.1, 0.15) is 5.60 Å². The predicted octanol–water partition coefficient (Wildman–Crippen LogP) is 1.86. The summed E-state index contributed by atoms with van der Waals surface area (Å²) in [6.45, 7) is 4.75. The summed E-state index contributed by atoms with van der Waals surface area (Å²) in [5, 5.41) is 2.67. The molecule has 102 valence electrons. The lowest BCUT2D eigenvalue weighted by molar-refractivity contribution is -0.111. The van der Waals surface area contributed by atoms with E-state index >= 15 is 0 Å². The summed E-state index contributed by atoms with van der Waals surface area (Å²) in [7, 11) is 1.69. The largest absolute Gasteiger partial charge is 0.381 e. The molecule has 0 saturated carbocycles. The molecule has 5 heteroatoms. The van der Waals surface area contributed by atoms with Crippen molar-refractivity contribution in [3.8, 4) is 0 Å². The standard InChI is InChI=1S/C14H18N2O3/c1-3-13(17)16-11-4-5-12(15-10-11)14(18-2)6-8-19-9-7-14/h3-5,10H,1,6-9H2,2H3,(H,16,17). The molecule has 1 aliphatic rings. The molecule has 0 atom stereocenters. The number of ether oxygens (including phenoxy) is 2. The maximum atomic E-state index is 11.2. The Balaban J connectivity index is 2.16. The van der Waals surface area contributed by atoms with Crippen molar-refractivity contribution in [1.82, 2.24) is 4.98 Å². The number of carbonyl (C=O) groups is 1. The number of anilines is 1. The Bertz CT molecular complexity index is 450. The summed E-state index contributed by atoms with van der Waals surface area (Å²) in [5.74, 6) is -0.248. The SMILES string of the molecule is C=CC(=O)Nc1ccc(C2(OC)CCOCC2)nc1. The Kier molecular flexibility index (Phi) is 4.29. The minimum Gasteiger partial charge on any atom is -0.381 e. The zero-order chi connectivity index (χ0) is 13.7. The molecule has 1 aliphatic heterocycles. The minimum atomic E-state index is -0.376. The molecule has 2 rings (SSSR count). The van der Waals surface area contributed by atoms with Gasteiger partial charge in [-0.2, -0.15) is 0 Å². The lowest BCUT2D eigenvalue weighted by Gasteiger charge is -2.35. The van der Waals surface area contributed by atoms with Crippen molar-refractivity contribution >= 4 is 11.6 Å². The number of rotatable bonds is 4. The summed E-state index contributed by atoms with van der Waals surface area (Å²) < 4.78 is 11.0. The van der Waals surface area contributed by atoms with Crippen molar-refractivity contribution < 1.29 is 14.3 Å². The van der Waals surface area contributed by atoms with Crippen molar-refractivity contribution in [2.75, 3.05) is 25.6 Å². The number of nitrogens with zero attached hydrogens (tertiary/aromatic N) is 1. The molecular formula is C14H18N2O3. The van der Waals surface area contributed by atoms with E-state index < -0.39 is 0 Å². The summed E-state index contributed by atoms with van der Waals surface area (Å²) in [4.78, 5) is 15.6. The normalized spacial score (nSPS) is 17.7. The molecule has 0 bridgehead atoms. The fourth-order valence-corrected chi connectivity index (χ4v) is 2.20. The third-order valence-corrected chi connectivity index (χ3v) is 3.37. The highest BCUT2D eigenvalue weighted by atomic mass is 16.5. The first-order valence-electron chi connectivity index (χ1n) is 6.23. The number of aromatic nitrogens is 1. The average Bonchev–Trinajstić information content (AvgIpc) is 2.48. The highest BCUT2D eigenvalue weighted by Crippen LogP contribution is 2.34. The highest BCUT2D eigenvalue weighted by Gasteiger charge is 2.35. The van der Waals surface area contributed by atoms with E-state index in [2.05, 4.69) is 16.9 Å². The monoisotopic (exact) mass is 262 g/mol. The van der Waals surface area contributed by atoms with Crippen molar-refractivity contribution in [3.63, 3.8) is 0 Å². The van der Waals surface area contributed by atoms with Crippen molar-refractivity contribution in [1.29, 1.82) is 0 Å². The maximum absolute atomic E-state index is 11.2. The number of pyridine rings is 1. The van der Waals surface area contributed by atoms with Gasteiger partial charge in [0.15, 0.2) is 0 Å². The topological polar surface area (TPSA) is 60.5 Å². The first-order valence-corrected chi connectivity index (χ1v) is 6.23. The second-order valence-corrected chi connectivity index (χ2v) is 4.44. The fourth-order valence-electron chi connectivity index (χ4n) is 2.20. The molecule has 19 heavy (non-hydrogen) atoms. The van der Waals surface area contributed by atoms with E-state index in [1.165, 1.54) is 6.08 Å². The highest BCUT2D eigenvalue weighted by molar-refractivity contribution is 5.98. The zero-order valence-corrected chi connectivity index (χ0v) is 11.0. The van der Waals surface area contributed by atoms with Gasteiger partial charge in [-0.25, -0.2) is 0 Å². The van der Waals surface area contributed by atoms with Crippen LogP contribution in [0.1, 0.15) is 18.5 Å². The van der Waals surface area contributed by atoms with Gasteiger partial charge in [0.05, 0.1) is 17.6 Å². The van der Waals surface area contributed by atoms with Crippen LogP contribution in [-0.2, 0) is 19.9 Å². The van der Waals surface area contributed by atoms with Gasteiger partial charge in [-0.3, -0.25) is 9.78 Å². The van der Waals surface area contributed by atoms with E-state index in [1.807, 2.05) is 12.1 Å². The van der Waals surface area contributed by atoms with Crippen molar-refractivity contribution in [3.05, 3.63) is 36.7 Å². The summed E-state index contributed by atoms with van der Waals surface area (Å²) in [5.41, 5.74) is 1.14. The van der Waals surface area contributed by atoms with Crippen LogP contribution >= 0.6 is 0 Å². The zero-order valence-electron chi connectivity index (χ0n) is 11.0. The fraction of sp³-hybridized carbons (Fsp3) is 0.429. The Labute approximate surface area is 112 Å². The van der Waals surface area contributed by atoms with Gasteiger partial charge >= 0.3 is 0 Å². The lowest BCUT2D eigenvalue weighted by Crippen LogP contribution is -2.36. The van der Waals surface area contributed by atoms with Crippen LogP contribution in [0.5, 0.6) is 0 Å². The van der Waals surface area contributed by atoms with Crippen LogP contribution in [0.3, 0.4) is 0 Å². The molecule has 0 aliphatic carbocycles. The van der Waals surface area contributed by atoms with E-state index in [9.17, 15) is 4.79 Å². The van der Waals surface area contributed by atoms with Gasteiger partial charge in [0.25, 0.3) is 0 Å². The van der Waals surface area contributed by atoms with Gasteiger partial charge in [-0.15, -0.1) is 0 Å². The number of amides is 1. The van der Waals surface area contributed by atoms with Gasteiger partial charge in [0.2, 0.25) is 5.91 Å². The Hall–Kier alpha value is -1.72. The van der Waals surface area contributed by atoms with Crippen LogP contribution < -0.4 is 5.32 Å². The molecule has 5 nitrogen and oxygen atoms in total. The van der Waals surface area contributed by atoms with E-state index in [0.29, 0.717) is 18.9 Å². The molecule has 1 saturated heterocycles.